The SMILES string of the molecule is CCOC(=O)c1cnc(CC2(c3ccccc3)CCN(S(=O)(=O)c3ccccc3)CC2)nc1. The van der Waals surface area contributed by atoms with Crippen molar-refractivity contribution in [2.75, 3.05) is 19.7 Å². The minimum atomic E-state index is -3.54. The first-order valence-electron chi connectivity index (χ1n) is 11.0. The fourth-order valence-corrected chi connectivity index (χ4v) is 5.79. The number of hydrogen-bond acceptors (Lipinski definition) is 6. The van der Waals surface area contributed by atoms with Gasteiger partial charge in [0, 0.05) is 37.3 Å². The molecule has 1 aromatic heterocycles. The van der Waals surface area contributed by atoms with E-state index in [2.05, 4.69) is 22.1 Å². The third-order valence-corrected chi connectivity index (χ3v) is 8.07. The number of rotatable bonds is 7. The van der Waals surface area contributed by atoms with Crippen LogP contribution in [-0.4, -0.2) is 48.4 Å². The molecule has 1 aliphatic heterocycles. The Kier molecular flexibility index (Phi) is 6.85. The minimum Gasteiger partial charge on any atom is -0.462 e. The van der Waals surface area contributed by atoms with Crippen LogP contribution in [0, 0.1) is 0 Å². The van der Waals surface area contributed by atoms with E-state index < -0.39 is 16.0 Å². The van der Waals surface area contributed by atoms with Crippen LogP contribution in [0.4, 0.5) is 0 Å². The molecule has 4 rings (SSSR count). The van der Waals surface area contributed by atoms with Gasteiger partial charge in [0.2, 0.25) is 10.0 Å². The Balaban J connectivity index is 1.57. The summed E-state index contributed by atoms with van der Waals surface area (Å²) in [6, 6.07) is 18.7. The highest BCUT2D eigenvalue weighted by atomic mass is 32.2. The van der Waals surface area contributed by atoms with Crippen LogP contribution in [0.1, 0.15) is 41.5 Å². The standard InChI is InChI=1S/C25H27N3O4S/c1-2-32-24(29)20-18-26-23(27-19-20)17-25(21-9-5-3-6-10-21)13-15-28(16-14-25)33(30,31)22-11-7-4-8-12-22/h3-12,18-19H,2,13-17H2,1H3. The van der Waals surface area contributed by atoms with Gasteiger partial charge in [0.1, 0.15) is 5.82 Å². The average Bonchev–Trinajstić information content (AvgIpc) is 2.86. The molecule has 0 N–H and O–H groups in total. The molecule has 0 saturated carbocycles. The molecule has 1 aliphatic rings. The molecule has 0 spiro atoms. The van der Waals surface area contributed by atoms with Crippen LogP contribution in [0.5, 0.6) is 0 Å². The number of piperidine rings is 1. The lowest BCUT2D eigenvalue weighted by molar-refractivity contribution is 0.0525. The summed E-state index contributed by atoms with van der Waals surface area (Å²) in [5.41, 5.74) is 1.16. The lowest BCUT2D eigenvalue weighted by Gasteiger charge is -2.41. The van der Waals surface area contributed by atoms with Crippen molar-refractivity contribution in [2.24, 2.45) is 0 Å². The molecular weight excluding hydrogens is 438 g/mol. The summed E-state index contributed by atoms with van der Waals surface area (Å²) >= 11 is 0. The molecule has 0 atom stereocenters. The fourth-order valence-electron chi connectivity index (χ4n) is 4.32. The van der Waals surface area contributed by atoms with E-state index in [0.29, 0.717) is 55.2 Å². The van der Waals surface area contributed by atoms with Crippen LogP contribution in [0.2, 0.25) is 0 Å². The number of ether oxygens (including phenoxy) is 1. The lowest BCUT2D eigenvalue weighted by Crippen LogP contribution is -2.46. The van der Waals surface area contributed by atoms with Gasteiger partial charge in [-0.25, -0.2) is 23.2 Å². The number of esters is 1. The molecule has 3 aromatic rings. The van der Waals surface area contributed by atoms with E-state index in [9.17, 15) is 13.2 Å². The summed E-state index contributed by atoms with van der Waals surface area (Å²) in [6.07, 6.45) is 4.83. The molecule has 1 fully saturated rings. The third-order valence-electron chi connectivity index (χ3n) is 6.16. The summed E-state index contributed by atoms with van der Waals surface area (Å²) < 4.78 is 32.8. The van der Waals surface area contributed by atoms with Crippen molar-refractivity contribution in [3.63, 3.8) is 0 Å². The third kappa shape index (κ3) is 4.96. The van der Waals surface area contributed by atoms with Crippen LogP contribution in [0.3, 0.4) is 0 Å². The normalized spacial score (nSPS) is 16.3. The van der Waals surface area contributed by atoms with Crippen molar-refractivity contribution in [2.45, 2.75) is 36.5 Å². The molecule has 7 nitrogen and oxygen atoms in total. The summed E-state index contributed by atoms with van der Waals surface area (Å²) in [7, 11) is -3.54. The largest absolute Gasteiger partial charge is 0.462 e. The Morgan fingerprint density at radius 1 is 0.970 bits per heavy atom. The topological polar surface area (TPSA) is 89.5 Å². The van der Waals surface area contributed by atoms with Crippen LogP contribution in [0.25, 0.3) is 0 Å². The predicted octanol–water partition coefficient (Wildman–Crippen LogP) is 3.62. The van der Waals surface area contributed by atoms with Crippen molar-refractivity contribution in [3.8, 4) is 0 Å². The van der Waals surface area contributed by atoms with Crippen molar-refractivity contribution in [3.05, 3.63) is 90.0 Å². The van der Waals surface area contributed by atoms with Crippen LogP contribution < -0.4 is 0 Å². The maximum Gasteiger partial charge on any atom is 0.341 e. The minimum absolute atomic E-state index is 0.292. The molecule has 0 unspecified atom stereocenters. The predicted molar refractivity (Wildman–Crippen MR) is 124 cm³/mol. The second-order valence-electron chi connectivity index (χ2n) is 8.15. The Morgan fingerprint density at radius 3 is 2.12 bits per heavy atom. The zero-order valence-corrected chi connectivity index (χ0v) is 19.4. The highest BCUT2D eigenvalue weighted by Gasteiger charge is 2.40. The van der Waals surface area contributed by atoms with E-state index in [-0.39, 0.29) is 5.41 Å². The van der Waals surface area contributed by atoms with Gasteiger partial charge < -0.3 is 4.74 Å². The Labute approximate surface area is 194 Å². The summed E-state index contributed by atoms with van der Waals surface area (Å²) in [4.78, 5) is 21.1. The van der Waals surface area contributed by atoms with Crippen molar-refractivity contribution < 1.29 is 17.9 Å². The quantitative estimate of drug-likeness (QED) is 0.495. The molecular formula is C25H27N3O4S. The molecule has 0 radical (unpaired) electrons. The van der Waals surface area contributed by atoms with Gasteiger partial charge in [0.05, 0.1) is 17.1 Å². The molecule has 1 saturated heterocycles. The highest BCUT2D eigenvalue weighted by Crippen LogP contribution is 2.39. The van der Waals surface area contributed by atoms with Gasteiger partial charge in [-0.05, 0) is 37.5 Å². The van der Waals surface area contributed by atoms with Crippen molar-refractivity contribution in [1.82, 2.24) is 14.3 Å². The van der Waals surface area contributed by atoms with Crippen molar-refractivity contribution in [1.29, 1.82) is 0 Å². The monoisotopic (exact) mass is 465 g/mol. The second kappa shape index (κ2) is 9.80. The van der Waals surface area contributed by atoms with Crippen LogP contribution in [0.15, 0.2) is 78.0 Å². The number of aromatic nitrogens is 2. The zero-order chi connectivity index (χ0) is 23.3. The molecule has 2 aromatic carbocycles. The number of hydrogen-bond donors (Lipinski definition) is 0. The van der Waals surface area contributed by atoms with Crippen LogP contribution >= 0.6 is 0 Å². The van der Waals surface area contributed by atoms with E-state index >= 15 is 0 Å². The molecule has 0 bridgehead atoms. The molecule has 0 aliphatic carbocycles. The summed E-state index contributed by atoms with van der Waals surface area (Å²) in [6.45, 7) is 2.86. The number of carbonyl (C=O) groups excluding carboxylic acids is 1. The van der Waals surface area contributed by atoms with Crippen LogP contribution in [-0.2, 0) is 26.6 Å². The second-order valence-corrected chi connectivity index (χ2v) is 10.1. The summed E-state index contributed by atoms with van der Waals surface area (Å²) in [5, 5.41) is 0. The summed E-state index contributed by atoms with van der Waals surface area (Å²) in [5.74, 6) is 0.174. The first-order valence-corrected chi connectivity index (χ1v) is 12.5. The molecule has 8 heteroatoms. The lowest BCUT2D eigenvalue weighted by atomic mass is 9.70. The molecule has 0 amide bonds. The van der Waals surface area contributed by atoms with Gasteiger partial charge in [-0.2, -0.15) is 4.31 Å². The number of nitrogens with zero attached hydrogens (tertiary/aromatic N) is 3. The highest BCUT2D eigenvalue weighted by molar-refractivity contribution is 7.89. The molecule has 2 heterocycles. The van der Waals surface area contributed by atoms with E-state index in [1.807, 2.05) is 24.3 Å². The number of sulfonamides is 1. The van der Waals surface area contributed by atoms with Gasteiger partial charge in [-0.3, -0.25) is 0 Å². The van der Waals surface area contributed by atoms with E-state index in [4.69, 9.17) is 4.74 Å². The Hall–Kier alpha value is -3.10. The Morgan fingerprint density at radius 2 is 1.55 bits per heavy atom. The zero-order valence-electron chi connectivity index (χ0n) is 18.6. The number of benzene rings is 2. The average molecular weight is 466 g/mol. The van der Waals surface area contributed by atoms with Crippen molar-refractivity contribution >= 4 is 16.0 Å². The van der Waals surface area contributed by atoms with E-state index in [0.717, 1.165) is 5.56 Å². The smallest absolute Gasteiger partial charge is 0.341 e. The first-order chi connectivity index (χ1) is 15.9. The number of carbonyl (C=O) groups is 1. The van der Waals surface area contributed by atoms with Gasteiger partial charge in [0.25, 0.3) is 0 Å². The van der Waals surface area contributed by atoms with Gasteiger partial charge >= 0.3 is 5.97 Å². The van der Waals surface area contributed by atoms with E-state index in [1.54, 1.807) is 35.5 Å². The van der Waals surface area contributed by atoms with Gasteiger partial charge in [-0.1, -0.05) is 48.5 Å². The van der Waals surface area contributed by atoms with E-state index in [1.165, 1.54) is 12.4 Å². The Bertz CT molecular complexity index is 1180. The molecule has 172 valence electrons. The molecule has 33 heavy (non-hydrogen) atoms. The van der Waals surface area contributed by atoms with Gasteiger partial charge in [-0.15, -0.1) is 0 Å². The van der Waals surface area contributed by atoms with Gasteiger partial charge in [0.15, 0.2) is 0 Å². The fraction of sp³-hybridized carbons (Fsp3) is 0.320. The maximum atomic E-state index is 13.1. The maximum absolute atomic E-state index is 13.1. The first kappa shape index (κ1) is 23.1.